The fraction of sp³-hybridized carbons (Fsp3) is 0.846. The number of carbonyl (C=O) groups is 2. The molecule has 0 aromatic carbocycles. The first-order chi connectivity index (χ1) is 8.31. The highest BCUT2D eigenvalue weighted by molar-refractivity contribution is 5.93. The maximum absolute atomic E-state index is 11.3. The number of carbonyl (C=O) groups excluding carboxylic acids is 1. The molecule has 1 aliphatic rings. The third kappa shape index (κ3) is 4.64. The van der Waals surface area contributed by atoms with Gasteiger partial charge in [-0.15, -0.1) is 0 Å². The number of amides is 1. The number of hydrogen-bond acceptors (Lipinski definition) is 3. The number of hydrogen-bond donors (Lipinski definition) is 2. The van der Waals surface area contributed by atoms with Crippen LogP contribution in [0, 0.1) is 11.3 Å². The molecule has 0 atom stereocenters. The van der Waals surface area contributed by atoms with Crippen molar-refractivity contribution in [2.75, 3.05) is 26.7 Å². The number of carboxylic acids is 1. The molecule has 1 amide bonds. The molecule has 1 aliphatic heterocycles. The van der Waals surface area contributed by atoms with Gasteiger partial charge in [0.1, 0.15) is 6.42 Å². The summed E-state index contributed by atoms with van der Waals surface area (Å²) in [6, 6.07) is 0. The number of nitrogens with one attached hydrogen (secondary N) is 1. The molecule has 0 aromatic rings. The van der Waals surface area contributed by atoms with Crippen LogP contribution < -0.4 is 5.32 Å². The van der Waals surface area contributed by atoms with Crippen LogP contribution in [0.1, 0.15) is 33.1 Å². The van der Waals surface area contributed by atoms with Crippen molar-refractivity contribution in [3.8, 4) is 0 Å². The zero-order chi connectivity index (χ0) is 13.8. The van der Waals surface area contributed by atoms with Gasteiger partial charge in [-0.05, 0) is 44.3 Å². The van der Waals surface area contributed by atoms with Crippen LogP contribution in [0.15, 0.2) is 0 Å². The molecule has 1 fully saturated rings. The smallest absolute Gasteiger partial charge is 0.312 e. The standard InChI is InChI=1S/C13H24N2O3/c1-13(2,9-14-11(16)8-12(17)18)10-4-6-15(3)7-5-10/h10H,4-9H2,1-3H3,(H,14,16)(H,17,18). The minimum Gasteiger partial charge on any atom is -0.481 e. The van der Waals surface area contributed by atoms with Crippen LogP contribution in [0.2, 0.25) is 0 Å². The van der Waals surface area contributed by atoms with Gasteiger partial charge in [-0.1, -0.05) is 13.8 Å². The zero-order valence-electron chi connectivity index (χ0n) is 11.5. The van der Waals surface area contributed by atoms with Crippen molar-refractivity contribution in [2.24, 2.45) is 11.3 Å². The normalized spacial score (nSPS) is 18.6. The lowest BCUT2D eigenvalue weighted by Crippen LogP contribution is -2.43. The molecular formula is C13H24N2O3. The van der Waals surface area contributed by atoms with E-state index in [9.17, 15) is 9.59 Å². The Kier molecular flexibility index (Phi) is 5.14. The Bertz CT molecular complexity index is 307. The zero-order valence-corrected chi connectivity index (χ0v) is 11.5. The predicted octanol–water partition coefficient (Wildman–Crippen LogP) is 0.945. The first kappa shape index (κ1) is 15.0. The molecule has 0 aliphatic carbocycles. The topological polar surface area (TPSA) is 69.6 Å². The second-order valence-electron chi connectivity index (χ2n) is 5.91. The highest BCUT2D eigenvalue weighted by atomic mass is 16.4. The van der Waals surface area contributed by atoms with Crippen LogP contribution in [0.4, 0.5) is 0 Å². The SMILES string of the molecule is CN1CCC(C(C)(C)CNC(=O)CC(=O)O)CC1. The van der Waals surface area contributed by atoms with E-state index in [4.69, 9.17) is 5.11 Å². The molecule has 0 aromatic heterocycles. The summed E-state index contributed by atoms with van der Waals surface area (Å²) in [5.74, 6) is -0.896. The van der Waals surface area contributed by atoms with E-state index in [0.29, 0.717) is 12.5 Å². The van der Waals surface area contributed by atoms with E-state index in [-0.39, 0.29) is 5.41 Å². The van der Waals surface area contributed by atoms with Crippen molar-refractivity contribution in [1.82, 2.24) is 10.2 Å². The van der Waals surface area contributed by atoms with Gasteiger partial charge in [0.25, 0.3) is 0 Å². The fourth-order valence-corrected chi connectivity index (χ4v) is 2.46. The molecule has 0 saturated carbocycles. The lowest BCUT2D eigenvalue weighted by molar-refractivity contribution is -0.140. The number of nitrogens with zero attached hydrogens (tertiary/aromatic N) is 1. The van der Waals surface area contributed by atoms with Gasteiger partial charge in [0.05, 0.1) is 0 Å². The minimum absolute atomic E-state index is 0.0232. The summed E-state index contributed by atoms with van der Waals surface area (Å²) in [5, 5.41) is 11.3. The number of likely N-dealkylation sites (tertiary alicyclic amines) is 1. The molecule has 1 rings (SSSR count). The van der Waals surface area contributed by atoms with Crippen molar-refractivity contribution in [1.29, 1.82) is 0 Å². The van der Waals surface area contributed by atoms with E-state index in [2.05, 4.69) is 31.1 Å². The van der Waals surface area contributed by atoms with Gasteiger partial charge in [0.2, 0.25) is 5.91 Å². The average molecular weight is 256 g/mol. The van der Waals surface area contributed by atoms with Gasteiger partial charge >= 0.3 is 5.97 Å². The van der Waals surface area contributed by atoms with Crippen molar-refractivity contribution in [3.63, 3.8) is 0 Å². The van der Waals surface area contributed by atoms with Gasteiger partial charge in [0, 0.05) is 6.54 Å². The van der Waals surface area contributed by atoms with Gasteiger partial charge in [-0.2, -0.15) is 0 Å². The van der Waals surface area contributed by atoms with E-state index in [1.165, 1.54) is 0 Å². The summed E-state index contributed by atoms with van der Waals surface area (Å²) >= 11 is 0. The van der Waals surface area contributed by atoms with E-state index in [1.54, 1.807) is 0 Å². The molecule has 0 spiro atoms. The number of carboxylic acid groups (broad SMARTS) is 1. The summed E-state index contributed by atoms with van der Waals surface area (Å²) in [6.45, 7) is 7.02. The monoisotopic (exact) mass is 256 g/mol. The molecule has 18 heavy (non-hydrogen) atoms. The highest BCUT2D eigenvalue weighted by Crippen LogP contribution is 2.34. The Morgan fingerprint density at radius 3 is 2.39 bits per heavy atom. The van der Waals surface area contributed by atoms with Crippen molar-refractivity contribution < 1.29 is 14.7 Å². The molecule has 0 unspecified atom stereocenters. The van der Waals surface area contributed by atoms with Gasteiger partial charge < -0.3 is 15.3 Å². The van der Waals surface area contributed by atoms with Gasteiger partial charge in [-0.3, -0.25) is 9.59 Å². The summed E-state index contributed by atoms with van der Waals surface area (Å²) in [4.78, 5) is 24.1. The molecule has 1 saturated heterocycles. The fourth-order valence-electron chi connectivity index (χ4n) is 2.46. The van der Waals surface area contributed by atoms with Gasteiger partial charge in [-0.25, -0.2) is 0 Å². The van der Waals surface area contributed by atoms with Crippen molar-refractivity contribution in [3.05, 3.63) is 0 Å². The Morgan fingerprint density at radius 2 is 1.89 bits per heavy atom. The number of rotatable bonds is 5. The molecule has 5 heteroatoms. The van der Waals surface area contributed by atoms with E-state index in [1.807, 2.05) is 0 Å². The first-order valence-electron chi connectivity index (χ1n) is 6.48. The van der Waals surface area contributed by atoms with Crippen molar-refractivity contribution >= 4 is 11.9 Å². The summed E-state index contributed by atoms with van der Waals surface area (Å²) in [5.41, 5.74) is 0.0232. The van der Waals surface area contributed by atoms with Crippen molar-refractivity contribution in [2.45, 2.75) is 33.1 Å². The van der Waals surface area contributed by atoms with Crippen LogP contribution >= 0.6 is 0 Å². The summed E-state index contributed by atoms with van der Waals surface area (Å²) in [6.07, 6.45) is 1.83. The van der Waals surface area contributed by atoms with Crippen LogP contribution in [0.25, 0.3) is 0 Å². The van der Waals surface area contributed by atoms with Crippen LogP contribution in [0.3, 0.4) is 0 Å². The van der Waals surface area contributed by atoms with E-state index < -0.39 is 18.3 Å². The molecule has 0 radical (unpaired) electrons. The lowest BCUT2D eigenvalue weighted by atomic mass is 9.73. The Balaban J connectivity index is 2.39. The number of aliphatic carboxylic acids is 1. The summed E-state index contributed by atoms with van der Waals surface area (Å²) in [7, 11) is 2.12. The second kappa shape index (κ2) is 6.18. The summed E-state index contributed by atoms with van der Waals surface area (Å²) < 4.78 is 0. The van der Waals surface area contributed by atoms with E-state index in [0.717, 1.165) is 25.9 Å². The largest absolute Gasteiger partial charge is 0.481 e. The Morgan fingerprint density at radius 1 is 1.33 bits per heavy atom. The molecule has 0 bridgehead atoms. The predicted molar refractivity (Wildman–Crippen MR) is 69.3 cm³/mol. The molecular weight excluding hydrogens is 232 g/mol. The third-order valence-corrected chi connectivity index (χ3v) is 3.88. The average Bonchev–Trinajstić information content (AvgIpc) is 2.26. The third-order valence-electron chi connectivity index (χ3n) is 3.88. The first-order valence-corrected chi connectivity index (χ1v) is 6.48. The molecule has 2 N–H and O–H groups in total. The quantitative estimate of drug-likeness (QED) is 0.718. The molecule has 104 valence electrons. The van der Waals surface area contributed by atoms with Crippen LogP contribution in [-0.4, -0.2) is 48.6 Å². The maximum Gasteiger partial charge on any atom is 0.312 e. The van der Waals surface area contributed by atoms with Crippen LogP contribution in [-0.2, 0) is 9.59 Å². The lowest BCUT2D eigenvalue weighted by Gasteiger charge is -2.39. The minimum atomic E-state index is -1.08. The Hall–Kier alpha value is -1.10. The van der Waals surface area contributed by atoms with E-state index >= 15 is 0 Å². The second-order valence-corrected chi connectivity index (χ2v) is 5.91. The maximum atomic E-state index is 11.3. The van der Waals surface area contributed by atoms with Crippen LogP contribution in [0.5, 0.6) is 0 Å². The Labute approximate surface area is 109 Å². The number of piperidine rings is 1. The molecule has 5 nitrogen and oxygen atoms in total. The molecule has 1 heterocycles. The highest BCUT2D eigenvalue weighted by Gasteiger charge is 2.32. The van der Waals surface area contributed by atoms with Gasteiger partial charge in [0.15, 0.2) is 0 Å².